The summed E-state index contributed by atoms with van der Waals surface area (Å²) in [5.41, 5.74) is 4.71. The number of amidine groups is 1. The second kappa shape index (κ2) is 13.7. The number of benzene rings is 1. The number of nitrogens with one attached hydrogen (secondary N) is 3. The maximum absolute atomic E-state index is 15.0. The number of rotatable bonds is 13. The predicted molar refractivity (Wildman–Crippen MR) is 157 cm³/mol. The topological polar surface area (TPSA) is 232 Å². The summed E-state index contributed by atoms with van der Waals surface area (Å²) in [6, 6.07) is 3.54. The van der Waals surface area contributed by atoms with Crippen molar-refractivity contribution in [1.29, 1.82) is 5.41 Å². The third-order valence-electron chi connectivity index (χ3n) is 6.37. The first kappa shape index (κ1) is 33.8. The Morgan fingerprint density at radius 3 is 2.45 bits per heavy atom. The number of aliphatic hydroxyl groups is 3. The van der Waals surface area contributed by atoms with Gasteiger partial charge in [-0.3, -0.25) is 29.8 Å². The lowest BCUT2D eigenvalue weighted by molar-refractivity contribution is -0.325. The van der Waals surface area contributed by atoms with Crippen LogP contribution < -0.4 is 21.1 Å². The van der Waals surface area contributed by atoms with Crippen LogP contribution in [-0.4, -0.2) is 112 Å². The Balaban J connectivity index is 2.04. The maximum Gasteiger partial charge on any atom is 0.369 e. The van der Waals surface area contributed by atoms with Crippen molar-refractivity contribution < 1.29 is 38.8 Å². The molecule has 1 saturated carbocycles. The fraction of sp³-hybridized carbons (Fsp3) is 0.407. The molecule has 1 aliphatic carbocycles. The Bertz CT molecular complexity index is 1510. The molecule has 1 fully saturated rings. The number of aromatic nitrogens is 2. The van der Waals surface area contributed by atoms with Gasteiger partial charge in [-0.1, -0.05) is 0 Å². The largest absolute Gasteiger partial charge is 0.494 e. The molecule has 3 rings (SSSR count). The summed E-state index contributed by atoms with van der Waals surface area (Å²) < 4.78 is 21.9. The highest BCUT2D eigenvalue weighted by molar-refractivity contribution is 6.45. The van der Waals surface area contributed by atoms with Crippen molar-refractivity contribution in [2.24, 2.45) is 23.7 Å². The molecule has 8 N–H and O–H groups in total. The van der Waals surface area contributed by atoms with E-state index in [9.17, 15) is 14.4 Å². The number of ether oxygens (including phenoxy) is 1. The first-order valence-electron chi connectivity index (χ1n) is 13.3. The molecule has 1 heterocycles. The Morgan fingerprint density at radius 1 is 1.23 bits per heavy atom. The Kier molecular flexibility index (Phi) is 10.5. The van der Waals surface area contributed by atoms with E-state index in [0.29, 0.717) is 25.9 Å². The monoisotopic (exact) mass is 617 g/mol. The van der Waals surface area contributed by atoms with Crippen LogP contribution in [0.2, 0.25) is 0 Å². The van der Waals surface area contributed by atoms with Gasteiger partial charge in [0.05, 0.1) is 24.2 Å². The number of carbonyl (C=O) groups is 3. The van der Waals surface area contributed by atoms with E-state index in [1.807, 2.05) is 19.0 Å². The molecule has 16 nitrogen and oxygen atoms in total. The third kappa shape index (κ3) is 8.90. The van der Waals surface area contributed by atoms with E-state index >= 15 is 4.39 Å². The highest BCUT2D eigenvalue weighted by Gasteiger charge is 2.30. The summed E-state index contributed by atoms with van der Waals surface area (Å²) in [4.78, 5) is 44.8. The van der Waals surface area contributed by atoms with Gasteiger partial charge < -0.3 is 40.9 Å². The van der Waals surface area contributed by atoms with Gasteiger partial charge in [-0.25, -0.2) is 4.39 Å². The van der Waals surface area contributed by atoms with Crippen molar-refractivity contribution in [2.45, 2.75) is 18.9 Å². The van der Waals surface area contributed by atoms with Gasteiger partial charge in [0.25, 0.3) is 17.7 Å². The van der Waals surface area contributed by atoms with Crippen molar-refractivity contribution in [3.05, 3.63) is 41.5 Å². The maximum atomic E-state index is 15.0. The number of anilines is 1. The number of likely N-dealkylation sites (N-methyl/N-ethyl adjacent to an activating group) is 2. The molecule has 0 unspecified atom stereocenters. The fourth-order valence-electron chi connectivity index (χ4n) is 3.92. The molecule has 0 saturated heterocycles. The molecule has 17 heteroatoms. The number of aliphatic imine (C=N–C) groups is 1. The van der Waals surface area contributed by atoms with Crippen molar-refractivity contribution in [2.75, 3.05) is 46.7 Å². The number of nitrogens with two attached hydrogens (primary N) is 1. The average Bonchev–Trinajstić information content (AvgIpc) is 3.70. The minimum absolute atomic E-state index is 0.0195. The molecule has 0 bridgehead atoms. The Labute approximate surface area is 252 Å². The van der Waals surface area contributed by atoms with Crippen molar-refractivity contribution in [1.82, 2.24) is 24.9 Å². The van der Waals surface area contributed by atoms with Gasteiger partial charge >= 0.3 is 6.10 Å². The Morgan fingerprint density at radius 2 is 1.89 bits per heavy atom. The molecule has 1 aliphatic rings. The Hall–Kier alpha value is -4.71. The van der Waals surface area contributed by atoms with E-state index in [-0.39, 0.29) is 40.2 Å². The number of methoxy groups -OCH3 is 1. The van der Waals surface area contributed by atoms with Gasteiger partial charge in [0.15, 0.2) is 5.75 Å². The van der Waals surface area contributed by atoms with Gasteiger partial charge in [-0.2, -0.15) is 10.1 Å². The number of carbonyl (C=O) groups excluding carboxylic acids is 3. The van der Waals surface area contributed by atoms with Crippen LogP contribution in [0.4, 0.5) is 10.1 Å². The number of hydrogen-bond donors (Lipinski definition) is 7. The van der Waals surface area contributed by atoms with Crippen molar-refractivity contribution in [3.63, 3.8) is 0 Å². The van der Waals surface area contributed by atoms with E-state index in [2.05, 4.69) is 15.4 Å². The molecule has 0 aliphatic heterocycles. The highest BCUT2D eigenvalue weighted by atomic mass is 19.1. The second-order valence-corrected chi connectivity index (χ2v) is 10.4. The van der Waals surface area contributed by atoms with Gasteiger partial charge in [0.2, 0.25) is 0 Å². The van der Waals surface area contributed by atoms with Crippen LogP contribution in [0, 0.1) is 17.1 Å². The van der Waals surface area contributed by atoms with Crippen LogP contribution >= 0.6 is 0 Å². The zero-order valence-corrected chi connectivity index (χ0v) is 24.9. The van der Waals surface area contributed by atoms with Crippen molar-refractivity contribution >= 4 is 35.0 Å². The minimum atomic E-state index is -3.66. The number of aryl methyl sites for hydroxylation is 1. The molecule has 238 valence electrons. The molecular weight excluding hydrogens is 581 g/mol. The standard InChI is InChI=1S/C27H36FN9O7/c1-35(2)8-9-36(3)26(40)20-12-17(34-37(20)4)16-10-15(28)11-19(23(16)44-5)31-18(22(30)25(39)33-27(41,42)43)13-21(29)32-24(38)14-6-7-14/h10-14,30-31,41-43H,6-9H2,1-5H3,(H,33,39)(H2,29,32,38)/b18-13+,30-22?. The predicted octanol–water partition coefficient (Wildman–Crippen LogP) is -0.818. The average molecular weight is 618 g/mol. The van der Waals surface area contributed by atoms with Crippen LogP contribution in [0.1, 0.15) is 23.3 Å². The van der Waals surface area contributed by atoms with Gasteiger partial charge in [-0.15, -0.1) is 0 Å². The first-order chi connectivity index (χ1) is 20.5. The zero-order valence-electron chi connectivity index (χ0n) is 24.9. The quantitative estimate of drug-likeness (QED) is 0.0834. The number of nitrogens with zero attached hydrogens (tertiary/aromatic N) is 5. The number of halogens is 1. The molecule has 2 aromatic rings. The molecule has 1 aromatic heterocycles. The van der Waals surface area contributed by atoms with Crippen LogP contribution in [0.25, 0.3) is 11.3 Å². The van der Waals surface area contributed by atoms with Gasteiger partial charge in [0.1, 0.15) is 23.1 Å². The summed E-state index contributed by atoms with van der Waals surface area (Å²) in [5, 5.41) is 44.1. The van der Waals surface area contributed by atoms with Crippen LogP contribution in [0.15, 0.2) is 35.0 Å². The van der Waals surface area contributed by atoms with Crippen LogP contribution in [0.5, 0.6) is 5.75 Å². The summed E-state index contributed by atoms with van der Waals surface area (Å²) in [6.45, 7) is 1.07. The second-order valence-electron chi connectivity index (χ2n) is 10.4. The van der Waals surface area contributed by atoms with E-state index < -0.39 is 41.0 Å². The van der Waals surface area contributed by atoms with E-state index in [1.54, 1.807) is 14.1 Å². The molecular formula is C27H36FN9O7. The molecule has 44 heavy (non-hydrogen) atoms. The van der Waals surface area contributed by atoms with Crippen LogP contribution in [-0.2, 0) is 16.6 Å². The highest BCUT2D eigenvalue weighted by Crippen LogP contribution is 2.38. The smallest absolute Gasteiger partial charge is 0.369 e. The molecule has 1 aromatic carbocycles. The van der Waals surface area contributed by atoms with E-state index in [4.69, 9.17) is 31.2 Å². The zero-order chi connectivity index (χ0) is 32.9. The molecule has 0 radical (unpaired) electrons. The van der Waals surface area contributed by atoms with Crippen molar-refractivity contribution in [3.8, 4) is 17.0 Å². The minimum Gasteiger partial charge on any atom is -0.494 e. The fourth-order valence-corrected chi connectivity index (χ4v) is 3.92. The lowest BCUT2D eigenvalue weighted by Gasteiger charge is -2.19. The summed E-state index contributed by atoms with van der Waals surface area (Å²) >= 11 is 0. The molecule has 3 amide bonds. The van der Waals surface area contributed by atoms with Gasteiger partial charge in [0, 0.05) is 50.8 Å². The SMILES string of the molecule is COc1c(N/C(=C/C(N)=NC(=O)C2CC2)C(=N)C(=O)NC(O)(O)O)cc(F)cc1-c1cc(C(=O)N(C)CCN(C)C)n(C)n1. The van der Waals surface area contributed by atoms with Gasteiger partial charge in [-0.05, 0) is 39.1 Å². The molecule has 0 atom stereocenters. The van der Waals surface area contributed by atoms with Crippen LogP contribution in [0.3, 0.4) is 0 Å². The summed E-state index contributed by atoms with van der Waals surface area (Å²) in [5.74, 6) is -3.83. The van der Waals surface area contributed by atoms with E-state index in [0.717, 1.165) is 18.2 Å². The lowest BCUT2D eigenvalue weighted by atomic mass is 10.1. The summed E-state index contributed by atoms with van der Waals surface area (Å²) in [6.07, 6.45) is -1.44. The lowest BCUT2D eigenvalue weighted by Crippen LogP contribution is -2.51. The summed E-state index contributed by atoms with van der Waals surface area (Å²) in [7, 11) is 8.23. The normalized spacial score (nSPS) is 14.0. The van der Waals surface area contributed by atoms with E-state index in [1.165, 1.54) is 28.1 Å². The first-order valence-corrected chi connectivity index (χ1v) is 13.3. The third-order valence-corrected chi connectivity index (χ3v) is 6.37. The molecule has 0 spiro atoms. The number of amides is 3. The number of hydrogen-bond acceptors (Lipinski definition) is 11.